The second-order valence-corrected chi connectivity index (χ2v) is 6.85. The van der Waals surface area contributed by atoms with Crippen LogP contribution < -0.4 is 5.73 Å². The third-order valence-corrected chi connectivity index (χ3v) is 6.28. The van der Waals surface area contributed by atoms with Gasteiger partial charge in [-0.3, -0.25) is 0 Å². The van der Waals surface area contributed by atoms with Crippen LogP contribution in [0.1, 0.15) is 44.9 Å². The van der Waals surface area contributed by atoms with Gasteiger partial charge < -0.3 is 15.2 Å². The molecule has 0 bridgehead atoms. The molecule has 2 atom stereocenters. The van der Waals surface area contributed by atoms with E-state index in [-0.39, 0.29) is 5.84 Å². The van der Waals surface area contributed by atoms with Gasteiger partial charge in [0.05, 0.1) is 25.4 Å². The Labute approximate surface area is 129 Å². The maximum Gasteiger partial charge on any atom is 0.293 e. The molecule has 4 aliphatic rings. The summed E-state index contributed by atoms with van der Waals surface area (Å²) in [6.45, 7) is 0.773. The molecule has 2 aliphatic carbocycles. The molecule has 0 unspecified atom stereocenters. The Balaban J connectivity index is 1.89. The first kappa shape index (κ1) is 14.0. The predicted molar refractivity (Wildman–Crippen MR) is 77.1 cm³/mol. The van der Waals surface area contributed by atoms with Crippen LogP contribution in [0.3, 0.4) is 0 Å². The number of hydrogen-bond donors (Lipinski definition) is 1. The van der Waals surface area contributed by atoms with Gasteiger partial charge in [-0.05, 0) is 12.8 Å². The van der Waals surface area contributed by atoms with E-state index in [1.54, 1.807) is 0 Å². The van der Waals surface area contributed by atoms with E-state index in [1.807, 2.05) is 0 Å². The zero-order valence-electron chi connectivity index (χ0n) is 12.6. The Hall–Kier alpha value is -1.63. The van der Waals surface area contributed by atoms with Gasteiger partial charge in [0, 0.05) is 5.41 Å². The van der Waals surface area contributed by atoms with E-state index < -0.39 is 22.2 Å². The van der Waals surface area contributed by atoms with Crippen molar-refractivity contribution in [3.8, 4) is 12.1 Å². The fraction of sp³-hybridized carbons (Fsp3) is 0.812. The summed E-state index contributed by atoms with van der Waals surface area (Å²) in [5.74, 6) is -1.13. The van der Waals surface area contributed by atoms with Crippen molar-refractivity contribution in [1.29, 1.82) is 10.5 Å². The molecule has 6 heteroatoms. The van der Waals surface area contributed by atoms with Gasteiger partial charge in [-0.15, -0.1) is 0 Å². The van der Waals surface area contributed by atoms with Crippen molar-refractivity contribution in [2.45, 2.75) is 50.9 Å². The van der Waals surface area contributed by atoms with Crippen LogP contribution in [-0.2, 0) is 9.47 Å². The Morgan fingerprint density at radius 2 is 1.55 bits per heavy atom. The lowest BCUT2D eigenvalue weighted by molar-refractivity contribution is -0.193. The monoisotopic (exact) mass is 300 g/mol. The van der Waals surface area contributed by atoms with Gasteiger partial charge in [0.1, 0.15) is 11.3 Å². The van der Waals surface area contributed by atoms with Crippen LogP contribution in [0, 0.1) is 38.9 Å². The van der Waals surface area contributed by atoms with Crippen LogP contribution in [0.15, 0.2) is 4.99 Å². The molecule has 0 aromatic heterocycles. The molecule has 0 aromatic carbocycles. The number of rotatable bonds is 0. The highest BCUT2D eigenvalue weighted by Gasteiger charge is 3.00. The molecule has 2 saturated carbocycles. The van der Waals surface area contributed by atoms with E-state index >= 15 is 0 Å². The van der Waals surface area contributed by atoms with Crippen molar-refractivity contribution >= 4 is 5.84 Å². The summed E-state index contributed by atoms with van der Waals surface area (Å²) in [4.78, 5) is 4.34. The van der Waals surface area contributed by atoms with Crippen LogP contribution in [-0.4, -0.2) is 25.0 Å². The van der Waals surface area contributed by atoms with Crippen molar-refractivity contribution in [2.24, 2.45) is 27.0 Å². The fourth-order valence-corrected chi connectivity index (χ4v) is 5.45. The molecule has 0 amide bonds. The zero-order valence-corrected chi connectivity index (χ0v) is 12.6. The zero-order chi connectivity index (χ0) is 15.5. The number of nitriles is 2. The van der Waals surface area contributed by atoms with Crippen LogP contribution in [0.25, 0.3) is 0 Å². The minimum atomic E-state index is -1.36. The first-order chi connectivity index (χ1) is 10.7. The van der Waals surface area contributed by atoms with Crippen molar-refractivity contribution in [1.82, 2.24) is 0 Å². The number of hydrogen-bond acceptors (Lipinski definition) is 6. The summed E-state index contributed by atoms with van der Waals surface area (Å²) in [7, 11) is 0. The first-order valence-corrected chi connectivity index (χ1v) is 8.13. The van der Waals surface area contributed by atoms with Gasteiger partial charge in [-0.1, -0.05) is 32.1 Å². The maximum atomic E-state index is 10.1. The summed E-state index contributed by atoms with van der Waals surface area (Å²) in [6.07, 6.45) is 7.15. The molecule has 2 spiro atoms. The van der Waals surface area contributed by atoms with Crippen molar-refractivity contribution in [2.75, 3.05) is 13.2 Å². The van der Waals surface area contributed by atoms with E-state index in [2.05, 4.69) is 17.1 Å². The quantitative estimate of drug-likeness (QED) is 0.734. The van der Waals surface area contributed by atoms with Crippen LogP contribution >= 0.6 is 0 Å². The molecular weight excluding hydrogens is 280 g/mol. The summed E-state index contributed by atoms with van der Waals surface area (Å²) in [5, 5.41) is 20.1. The predicted octanol–water partition coefficient (Wildman–Crippen LogP) is 1.82. The van der Waals surface area contributed by atoms with Crippen molar-refractivity contribution < 1.29 is 9.47 Å². The van der Waals surface area contributed by atoms with Crippen molar-refractivity contribution in [3.63, 3.8) is 0 Å². The lowest BCUT2D eigenvalue weighted by Gasteiger charge is -2.32. The number of nitrogens with two attached hydrogens (primary N) is 1. The molecule has 1 saturated heterocycles. The van der Waals surface area contributed by atoms with Gasteiger partial charge >= 0.3 is 0 Å². The summed E-state index contributed by atoms with van der Waals surface area (Å²) in [5.41, 5.74) is 3.59. The molecule has 3 fully saturated rings. The molecule has 2 N–H and O–H groups in total. The van der Waals surface area contributed by atoms with Gasteiger partial charge in [0.15, 0.2) is 5.41 Å². The number of amidine groups is 1. The topological polar surface area (TPSA) is 104 Å². The van der Waals surface area contributed by atoms with Gasteiger partial charge in [0.2, 0.25) is 0 Å². The smallest absolute Gasteiger partial charge is 0.293 e. The SMILES string of the molecule is N#C[C@@]12C3(N=C(N)[C@]1(C#N)C21CCCCCCC1)OCCO3. The minimum absolute atomic E-state index is 0.235. The highest BCUT2D eigenvalue weighted by atomic mass is 16.8. The van der Waals surface area contributed by atoms with Crippen molar-refractivity contribution in [3.05, 3.63) is 0 Å². The van der Waals surface area contributed by atoms with E-state index in [9.17, 15) is 10.5 Å². The summed E-state index contributed by atoms with van der Waals surface area (Å²) < 4.78 is 11.6. The molecular formula is C16H20N4O2. The van der Waals surface area contributed by atoms with Crippen LogP contribution in [0.2, 0.25) is 0 Å². The number of aliphatic imine (C=N–C) groups is 1. The lowest BCUT2D eigenvalue weighted by atomic mass is 9.78. The second-order valence-electron chi connectivity index (χ2n) is 6.85. The first-order valence-electron chi connectivity index (χ1n) is 8.13. The minimum Gasteiger partial charge on any atom is -0.386 e. The fourth-order valence-electron chi connectivity index (χ4n) is 5.45. The molecule has 2 heterocycles. The molecule has 4 rings (SSSR count). The van der Waals surface area contributed by atoms with Crippen LogP contribution in [0.4, 0.5) is 0 Å². The number of ether oxygens (including phenoxy) is 2. The van der Waals surface area contributed by atoms with Crippen LogP contribution in [0.5, 0.6) is 0 Å². The Bertz CT molecular complexity index is 617. The van der Waals surface area contributed by atoms with E-state index in [0.717, 1.165) is 38.5 Å². The average Bonchev–Trinajstić information content (AvgIpc) is 2.74. The normalized spacial score (nSPS) is 41.1. The highest BCUT2D eigenvalue weighted by Crippen LogP contribution is 2.88. The van der Waals surface area contributed by atoms with Gasteiger partial charge in [-0.2, -0.15) is 10.5 Å². The molecule has 0 radical (unpaired) electrons. The standard InChI is InChI=1S/C16H20N4O2/c17-10-14-12(19)20-16(21-8-9-22-16)15(14,11-18)13(14)6-4-2-1-3-5-7-13/h1-9H2,(H2,19,20)/t14-,15+/m1/s1. The molecule has 116 valence electrons. The Kier molecular flexibility index (Phi) is 2.68. The molecule has 6 nitrogen and oxygen atoms in total. The third kappa shape index (κ3) is 1.12. The summed E-state index contributed by atoms with van der Waals surface area (Å²) >= 11 is 0. The molecule has 22 heavy (non-hydrogen) atoms. The summed E-state index contributed by atoms with van der Waals surface area (Å²) in [6, 6.07) is 4.79. The Morgan fingerprint density at radius 1 is 0.955 bits per heavy atom. The Morgan fingerprint density at radius 3 is 2.09 bits per heavy atom. The van der Waals surface area contributed by atoms with Gasteiger partial charge in [-0.25, -0.2) is 4.99 Å². The maximum absolute atomic E-state index is 10.1. The third-order valence-electron chi connectivity index (χ3n) is 6.28. The highest BCUT2D eigenvalue weighted by molar-refractivity contribution is 6.00. The average molecular weight is 300 g/mol. The molecule has 0 aromatic rings. The van der Waals surface area contributed by atoms with Gasteiger partial charge in [0.25, 0.3) is 5.91 Å². The largest absolute Gasteiger partial charge is 0.386 e. The lowest BCUT2D eigenvalue weighted by Crippen LogP contribution is -2.41. The van der Waals surface area contributed by atoms with E-state index in [0.29, 0.717) is 13.2 Å². The van der Waals surface area contributed by atoms with E-state index in [1.165, 1.54) is 6.42 Å². The number of fused-ring (bicyclic) bond motifs is 4. The second kappa shape index (κ2) is 4.22. The number of nitrogens with zero attached hydrogens (tertiary/aromatic N) is 3. The molecule has 2 aliphatic heterocycles. The van der Waals surface area contributed by atoms with E-state index in [4.69, 9.17) is 15.2 Å².